The quantitative estimate of drug-likeness (QED) is 0.388. The first-order valence-corrected chi connectivity index (χ1v) is 7.57. The molecule has 0 aliphatic heterocycles. The maximum absolute atomic E-state index is 13.6. The molecule has 0 heterocycles. The van der Waals surface area contributed by atoms with Gasteiger partial charge in [-0.05, 0) is 5.56 Å². The van der Waals surface area contributed by atoms with Crippen molar-refractivity contribution in [1.82, 2.24) is 10.6 Å². The molecule has 1 aromatic rings. The van der Waals surface area contributed by atoms with Crippen LogP contribution in [-0.4, -0.2) is 56.4 Å². The lowest BCUT2D eigenvalue weighted by molar-refractivity contribution is -0.210. The van der Waals surface area contributed by atoms with E-state index in [1.165, 1.54) is 17.4 Å². The van der Waals surface area contributed by atoms with Crippen LogP contribution < -0.4 is 10.6 Å². The summed E-state index contributed by atoms with van der Waals surface area (Å²) < 4.78 is 53.8. The molecule has 154 valence electrons. The van der Waals surface area contributed by atoms with E-state index in [1.807, 2.05) is 0 Å². The first kappa shape index (κ1) is 22.7. The number of nitrogens with one attached hydrogen (secondary N) is 2. The summed E-state index contributed by atoms with van der Waals surface area (Å²) >= 11 is 0. The number of carbonyl (C=O) groups is 4. The number of carbonyl (C=O) groups excluding carboxylic acids is 4. The van der Waals surface area contributed by atoms with Crippen LogP contribution in [0, 0.1) is 0 Å². The molecule has 12 heteroatoms. The van der Waals surface area contributed by atoms with Crippen LogP contribution in [0.5, 0.6) is 0 Å². The third-order valence-corrected chi connectivity index (χ3v) is 3.38. The topological polar surface area (TPSA) is 120 Å². The molecular formula is C16H17F3N2O7. The number of rotatable bonds is 7. The van der Waals surface area contributed by atoms with Crippen molar-refractivity contribution in [2.24, 2.45) is 0 Å². The van der Waals surface area contributed by atoms with Crippen molar-refractivity contribution < 1.29 is 46.6 Å². The number of alkyl halides is 3. The SMILES string of the molecule is COC(=O)CNC(=O)[C@](NC(=O)OCc1ccccc1)(C(=O)OC)C(F)(F)F. The molecule has 0 saturated heterocycles. The van der Waals surface area contributed by atoms with Crippen molar-refractivity contribution in [2.45, 2.75) is 18.3 Å². The largest absolute Gasteiger partial charge is 0.468 e. The average molecular weight is 406 g/mol. The summed E-state index contributed by atoms with van der Waals surface area (Å²) in [4.78, 5) is 46.9. The van der Waals surface area contributed by atoms with Gasteiger partial charge in [0.15, 0.2) is 0 Å². The standard InChI is InChI=1S/C16H17F3N2O7/c1-26-11(22)8-20-12(23)15(13(24)27-2,16(17,18)19)21-14(25)28-9-10-6-4-3-5-7-10/h3-7H,8-9H2,1-2H3,(H,20,23)(H,21,25)/t15-/m0/s1. The summed E-state index contributed by atoms with van der Waals surface area (Å²) in [6, 6.07) is 7.94. The fraction of sp³-hybridized carbons (Fsp3) is 0.375. The molecule has 2 amide bonds. The predicted octanol–water partition coefficient (Wildman–Crippen LogP) is 0.676. The van der Waals surface area contributed by atoms with Crippen LogP contribution in [0.4, 0.5) is 18.0 Å². The Morgan fingerprint density at radius 2 is 1.61 bits per heavy atom. The van der Waals surface area contributed by atoms with E-state index in [2.05, 4.69) is 14.2 Å². The Kier molecular flexibility index (Phi) is 7.77. The Morgan fingerprint density at radius 3 is 2.11 bits per heavy atom. The summed E-state index contributed by atoms with van der Waals surface area (Å²) in [6.45, 7) is -1.41. The molecule has 2 N–H and O–H groups in total. The van der Waals surface area contributed by atoms with Crippen molar-refractivity contribution in [2.75, 3.05) is 20.8 Å². The second kappa shape index (κ2) is 9.58. The van der Waals surface area contributed by atoms with Crippen LogP contribution in [0.2, 0.25) is 0 Å². The summed E-state index contributed by atoms with van der Waals surface area (Å²) in [5.41, 5.74) is -3.69. The van der Waals surface area contributed by atoms with Gasteiger partial charge in [0, 0.05) is 0 Å². The molecule has 1 rings (SSSR count). The molecule has 0 fully saturated rings. The van der Waals surface area contributed by atoms with E-state index >= 15 is 0 Å². The van der Waals surface area contributed by atoms with E-state index in [4.69, 9.17) is 0 Å². The summed E-state index contributed by atoms with van der Waals surface area (Å²) in [7, 11) is 1.53. The molecule has 0 radical (unpaired) electrons. The molecule has 9 nitrogen and oxygen atoms in total. The molecule has 0 aliphatic carbocycles. The summed E-state index contributed by atoms with van der Waals surface area (Å²) in [6.07, 6.45) is -7.33. The first-order chi connectivity index (χ1) is 13.1. The Labute approximate surface area is 157 Å². The summed E-state index contributed by atoms with van der Waals surface area (Å²) in [5.74, 6) is -5.26. The zero-order chi connectivity index (χ0) is 21.4. The maximum atomic E-state index is 13.6. The monoisotopic (exact) mass is 406 g/mol. The average Bonchev–Trinajstić information content (AvgIpc) is 2.67. The van der Waals surface area contributed by atoms with Gasteiger partial charge in [-0.2, -0.15) is 13.2 Å². The smallest absolute Gasteiger partial charge is 0.431 e. The minimum atomic E-state index is -5.62. The highest BCUT2D eigenvalue weighted by atomic mass is 19.4. The van der Waals surface area contributed by atoms with Crippen LogP contribution in [0.25, 0.3) is 0 Å². The molecule has 0 aliphatic rings. The van der Waals surface area contributed by atoms with Crippen LogP contribution in [0.3, 0.4) is 0 Å². The van der Waals surface area contributed by atoms with Crippen molar-refractivity contribution in [3.05, 3.63) is 35.9 Å². The van der Waals surface area contributed by atoms with E-state index < -0.39 is 48.8 Å². The van der Waals surface area contributed by atoms with Crippen LogP contribution in [0.15, 0.2) is 30.3 Å². The fourth-order valence-electron chi connectivity index (χ4n) is 1.94. The third-order valence-electron chi connectivity index (χ3n) is 3.38. The van der Waals surface area contributed by atoms with Gasteiger partial charge in [-0.3, -0.25) is 14.9 Å². The van der Waals surface area contributed by atoms with Gasteiger partial charge in [0.2, 0.25) is 0 Å². The van der Waals surface area contributed by atoms with Crippen molar-refractivity contribution in [1.29, 1.82) is 0 Å². The van der Waals surface area contributed by atoms with Gasteiger partial charge in [-0.25, -0.2) is 9.59 Å². The zero-order valence-corrected chi connectivity index (χ0v) is 14.8. The van der Waals surface area contributed by atoms with Gasteiger partial charge < -0.3 is 19.5 Å². The van der Waals surface area contributed by atoms with Crippen LogP contribution >= 0.6 is 0 Å². The highest BCUT2D eigenvalue weighted by Crippen LogP contribution is 2.32. The van der Waals surface area contributed by atoms with Gasteiger partial charge in [-0.15, -0.1) is 0 Å². The minimum Gasteiger partial charge on any atom is -0.468 e. The van der Waals surface area contributed by atoms with E-state index in [-0.39, 0.29) is 0 Å². The minimum absolute atomic E-state index is 0.425. The predicted molar refractivity (Wildman–Crippen MR) is 85.6 cm³/mol. The lowest BCUT2D eigenvalue weighted by Gasteiger charge is -2.31. The lowest BCUT2D eigenvalue weighted by atomic mass is 9.97. The normalized spacial score (nSPS) is 12.9. The number of hydrogen-bond acceptors (Lipinski definition) is 7. The second-order valence-electron chi connectivity index (χ2n) is 5.18. The number of amides is 2. The maximum Gasteiger partial charge on any atom is 0.431 e. The molecular weight excluding hydrogens is 389 g/mol. The van der Waals surface area contributed by atoms with E-state index in [0.717, 1.165) is 7.11 Å². The van der Waals surface area contributed by atoms with Crippen molar-refractivity contribution in [3.8, 4) is 0 Å². The van der Waals surface area contributed by atoms with Crippen molar-refractivity contribution >= 4 is 23.9 Å². The highest BCUT2D eigenvalue weighted by Gasteiger charge is 2.68. The van der Waals surface area contributed by atoms with Gasteiger partial charge in [-0.1, -0.05) is 30.3 Å². The summed E-state index contributed by atoms with van der Waals surface area (Å²) in [5, 5.41) is 2.78. The highest BCUT2D eigenvalue weighted by molar-refractivity contribution is 6.11. The van der Waals surface area contributed by atoms with Gasteiger partial charge in [0.1, 0.15) is 13.2 Å². The van der Waals surface area contributed by atoms with Crippen LogP contribution in [-0.2, 0) is 35.2 Å². The molecule has 28 heavy (non-hydrogen) atoms. The Hall–Kier alpha value is -3.31. The van der Waals surface area contributed by atoms with Crippen LogP contribution in [0.1, 0.15) is 5.56 Å². The molecule has 1 aromatic carbocycles. The third kappa shape index (κ3) is 5.34. The number of benzene rings is 1. The molecule has 0 spiro atoms. The second-order valence-corrected chi connectivity index (χ2v) is 5.18. The Bertz CT molecular complexity index is 725. The number of methoxy groups -OCH3 is 2. The number of esters is 2. The number of ether oxygens (including phenoxy) is 3. The van der Waals surface area contributed by atoms with E-state index in [0.29, 0.717) is 12.7 Å². The van der Waals surface area contributed by atoms with Gasteiger partial charge in [0.05, 0.1) is 14.2 Å². The lowest BCUT2D eigenvalue weighted by Crippen LogP contribution is -2.72. The Balaban J connectivity index is 3.07. The molecule has 0 bridgehead atoms. The molecule has 0 aromatic heterocycles. The first-order valence-electron chi connectivity index (χ1n) is 7.57. The van der Waals surface area contributed by atoms with E-state index in [9.17, 15) is 32.3 Å². The zero-order valence-electron chi connectivity index (χ0n) is 14.8. The van der Waals surface area contributed by atoms with Gasteiger partial charge >= 0.3 is 29.7 Å². The Morgan fingerprint density at radius 1 is 1.00 bits per heavy atom. The fourth-order valence-corrected chi connectivity index (χ4v) is 1.94. The number of alkyl carbamates (subject to hydrolysis) is 1. The molecule has 0 saturated carbocycles. The molecule has 1 atom stereocenters. The van der Waals surface area contributed by atoms with E-state index in [1.54, 1.807) is 23.5 Å². The number of hydrogen-bond donors (Lipinski definition) is 2. The number of halogens is 3. The van der Waals surface area contributed by atoms with Gasteiger partial charge in [0.25, 0.3) is 5.91 Å². The molecule has 0 unspecified atom stereocenters. The van der Waals surface area contributed by atoms with Crippen molar-refractivity contribution in [3.63, 3.8) is 0 Å².